The van der Waals surface area contributed by atoms with Crippen LogP contribution >= 0.6 is 0 Å². The molecule has 0 fully saturated rings. The molecule has 0 saturated heterocycles. The predicted octanol–water partition coefficient (Wildman–Crippen LogP) is 0.485. The molecule has 0 saturated carbocycles. The van der Waals surface area contributed by atoms with Crippen molar-refractivity contribution in [2.75, 3.05) is 0 Å². The monoisotopic (exact) mass is 137 g/mol. The van der Waals surface area contributed by atoms with Gasteiger partial charge in [-0.15, -0.1) is 0 Å². The third-order valence-corrected chi connectivity index (χ3v) is 0.514. The van der Waals surface area contributed by atoms with Crippen LogP contribution in [0.3, 0.4) is 0 Å². The summed E-state index contributed by atoms with van der Waals surface area (Å²) in [7, 11) is 0. The number of hydrogen-bond donors (Lipinski definition) is 0. The molecule has 0 unspecified atom stereocenters. The summed E-state index contributed by atoms with van der Waals surface area (Å²) < 4.78 is 3.68. The minimum Gasteiger partial charge on any atom is -0.398 e. The van der Waals surface area contributed by atoms with Gasteiger partial charge in [0.25, 0.3) is 0 Å². The lowest BCUT2D eigenvalue weighted by Crippen LogP contribution is -1.90. The minimum absolute atomic E-state index is 0.427. The molecule has 0 rings (SSSR count). The lowest BCUT2D eigenvalue weighted by molar-refractivity contribution is 0.101. The normalized spacial score (nSPS) is 6.60. The Bertz CT molecular complexity index is 227. The molecule has 0 spiro atoms. The summed E-state index contributed by atoms with van der Waals surface area (Å²) >= 11 is 0. The summed E-state index contributed by atoms with van der Waals surface area (Å²) in [6.45, 7) is 0. The van der Waals surface area contributed by atoms with Crippen molar-refractivity contribution in [2.45, 2.75) is 0 Å². The molecule has 0 aliphatic rings. The van der Waals surface area contributed by atoms with Gasteiger partial charge in [-0.1, -0.05) is 0 Å². The van der Waals surface area contributed by atoms with Gasteiger partial charge < -0.3 is 4.74 Å². The third-order valence-electron chi connectivity index (χ3n) is 0.514. The third kappa shape index (κ3) is 3.05. The Morgan fingerprint density at radius 2 is 1.90 bits per heavy atom. The lowest BCUT2D eigenvalue weighted by Gasteiger charge is -1.82. The number of carbonyl (C=O) groups excluding carboxylic acids is 1. The van der Waals surface area contributed by atoms with E-state index in [0.29, 0.717) is 6.26 Å². The highest BCUT2D eigenvalue weighted by Gasteiger charge is 1.97. The van der Waals surface area contributed by atoms with E-state index in [9.17, 15) is 9.90 Å². The van der Waals surface area contributed by atoms with Crippen LogP contribution in [0.15, 0.2) is 11.8 Å². The van der Waals surface area contributed by atoms with Crippen LogP contribution in [0.5, 0.6) is 0 Å². The Balaban J connectivity index is 4.07. The van der Waals surface area contributed by atoms with Gasteiger partial charge in [-0.3, -0.25) is 0 Å². The van der Waals surface area contributed by atoms with Crippen LogP contribution in [-0.2, 0) is 9.84 Å². The second-order valence-corrected chi connectivity index (χ2v) is 1.12. The molecule has 0 aromatic carbocycles. The largest absolute Gasteiger partial charge is 0.555 e. The molecule has 0 aliphatic heterocycles. The van der Waals surface area contributed by atoms with Crippen molar-refractivity contribution in [3.05, 3.63) is 11.8 Å². The fourth-order valence-corrected chi connectivity index (χ4v) is 0.185. The fourth-order valence-electron chi connectivity index (χ4n) is 0.185. The zero-order chi connectivity index (χ0) is 7.98. The summed E-state index contributed by atoms with van der Waals surface area (Å²) in [4.78, 5) is 9.54. The molecule has 0 aliphatic carbocycles. The Morgan fingerprint density at radius 1 is 1.40 bits per heavy atom. The first-order chi connectivity index (χ1) is 4.70. The number of ether oxygens (including phenoxy) is 1. The van der Waals surface area contributed by atoms with Crippen molar-refractivity contribution >= 4 is 6.16 Å². The lowest BCUT2D eigenvalue weighted by atomic mass is 10.4. The Morgan fingerprint density at radius 3 is 2.20 bits per heavy atom. The van der Waals surface area contributed by atoms with E-state index >= 15 is 0 Å². The average Bonchev–Trinajstić information content (AvgIpc) is 1.90. The maximum Gasteiger partial charge on any atom is 0.555 e. The minimum atomic E-state index is -1.80. The van der Waals surface area contributed by atoms with Crippen LogP contribution < -0.4 is 0 Å². The maximum atomic E-state index is 9.54. The summed E-state index contributed by atoms with van der Waals surface area (Å²) in [6, 6.07) is 2.78. The first kappa shape index (κ1) is 7.99. The number of nitriles is 2. The van der Waals surface area contributed by atoms with Crippen molar-refractivity contribution < 1.29 is 14.6 Å². The van der Waals surface area contributed by atoms with Crippen molar-refractivity contribution in [1.29, 1.82) is 10.5 Å². The van der Waals surface area contributed by atoms with Crippen LogP contribution in [0.25, 0.3) is 0 Å². The van der Waals surface area contributed by atoms with E-state index in [0.717, 1.165) is 0 Å². The van der Waals surface area contributed by atoms with Crippen LogP contribution in [0.2, 0.25) is 0 Å². The van der Waals surface area contributed by atoms with Crippen LogP contribution in [0.1, 0.15) is 0 Å². The van der Waals surface area contributed by atoms with Crippen LogP contribution in [0.4, 0.5) is 4.79 Å². The zero-order valence-electron chi connectivity index (χ0n) is 4.70. The van der Waals surface area contributed by atoms with Crippen molar-refractivity contribution in [3.63, 3.8) is 0 Å². The van der Waals surface area contributed by atoms with Gasteiger partial charge in [0.05, 0.1) is 0 Å². The first-order valence-electron chi connectivity index (χ1n) is 2.08. The van der Waals surface area contributed by atoms with Gasteiger partial charge in [0, 0.05) is 0 Å². The predicted molar refractivity (Wildman–Crippen MR) is 26.5 cm³/mol. The average molecular weight is 137 g/mol. The SMILES string of the molecule is N#CC(C#N)=COC([O])=O. The van der Waals surface area contributed by atoms with Gasteiger partial charge in [0.15, 0.2) is 5.57 Å². The van der Waals surface area contributed by atoms with E-state index in [1.165, 1.54) is 12.1 Å². The van der Waals surface area contributed by atoms with Gasteiger partial charge in [-0.2, -0.15) is 20.4 Å². The van der Waals surface area contributed by atoms with E-state index < -0.39 is 11.7 Å². The number of allylic oxidation sites excluding steroid dienone is 1. The van der Waals surface area contributed by atoms with E-state index in [2.05, 4.69) is 4.74 Å². The Hall–Kier alpha value is -2.01. The smallest absolute Gasteiger partial charge is 0.398 e. The van der Waals surface area contributed by atoms with Gasteiger partial charge in [0.2, 0.25) is 0 Å². The fraction of sp³-hybridized carbons (Fsp3) is 0. The molecule has 0 aromatic heterocycles. The van der Waals surface area contributed by atoms with Crippen molar-refractivity contribution in [2.24, 2.45) is 0 Å². The molecule has 0 heterocycles. The van der Waals surface area contributed by atoms with E-state index in [1.54, 1.807) is 0 Å². The quantitative estimate of drug-likeness (QED) is 0.298. The molecule has 5 heteroatoms. The number of nitrogens with zero attached hydrogens (tertiary/aromatic N) is 2. The van der Waals surface area contributed by atoms with Crippen LogP contribution in [-0.4, -0.2) is 6.16 Å². The molecule has 1 radical (unpaired) electrons. The molecule has 5 nitrogen and oxygen atoms in total. The van der Waals surface area contributed by atoms with E-state index in [-0.39, 0.29) is 0 Å². The topological polar surface area (TPSA) is 93.8 Å². The maximum absolute atomic E-state index is 9.54. The van der Waals surface area contributed by atoms with Gasteiger partial charge in [-0.25, -0.2) is 0 Å². The van der Waals surface area contributed by atoms with Crippen molar-refractivity contribution in [3.8, 4) is 12.1 Å². The van der Waals surface area contributed by atoms with Crippen molar-refractivity contribution in [1.82, 2.24) is 0 Å². The van der Waals surface area contributed by atoms with Gasteiger partial charge in [0.1, 0.15) is 18.4 Å². The Kier molecular flexibility index (Phi) is 3.14. The molecular weight excluding hydrogens is 136 g/mol. The molecule has 10 heavy (non-hydrogen) atoms. The molecule has 49 valence electrons. The molecular formula is C5HN2O3. The second kappa shape index (κ2) is 3.93. The highest BCUT2D eigenvalue weighted by Crippen LogP contribution is 1.89. The van der Waals surface area contributed by atoms with Gasteiger partial charge >= 0.3 is 6.16 Å². The Labute approximate surface area is 56.4 Å². The highest BCUT2D eigenvalue weighted by atomic mass is 16.7. The standard InChI is InChI=1S/C5HN2O3/c6-1-4(2-7)3-10-5(8)9/h3H. The summed E-state index contributed by atoms with van der Waals surface area (Å²) in [5.41, 5.74) is -0.427. The molecule has 0 aromatic rings. The number of rotatable bonds is 1. The first-order valence-corrected chi connectivity index (χ1v) is 2.08. The number of hydrogen-bond acceptors (Lipinski definition) is 4. The van der Waals surface area contributed by atoms with Crippen LogP contribution in [0, 0.1) is 22.7 Å². The molecule has 0 amide bonds. The van der Waals surface area contributed by atoms with E-state index in [1.807, 2.05) is 0 Å². The van der Waals surface area contributed by atoms with E-state index in [4.69, 9.17) is 10.5 Å². The molecule has 0 bridgehead atoms. The highest BCUT2D eigenvalue weighted by molar-refractivity contribution is 5.57. The summed E-state index contributed by atoms with van der Waals surface area (Å²) in [5, 5.41) is 25.5. The number of carbonyl (C=O) groups is 1. The second-order valence-electron chi connectivity index (χ2n) is 1.12. The zero-order valence-corrected chi connectivity index (χ0v) is 4.70. The van der Waals surface area contributed by atoms with Gasteiger partial charge in [-0.05, 0) is 0 Å². The molecule has 0 N–H and O–H groups in total. The molecule has 0 atom stereocenters. The summed E-state index contributed by atoms with van der Waals surface area (Å²) in [6.07, 6.45) is -1.29. The summed E-state index contributed by atoms with van der Waals surface area (Å²) in [5.74, 6) is 0.